The minimum atomic E-state index is -0.716. The topological polar surface area (TPSA) is 142 Å². The van der Waals surface area contributed by atoms with E-state index in [0.717, 1.165) is 33.9 Å². The summed E-state index contributed by atoms with van der Waals surface area (Å²) in [6.45, 7) is 7.61. The number of anilines is 4. The number of terminal acetylenes is 1. The zero-order chi connectivity index (χ0) is 39.5. The molecule has 56 heavy (non-hydrogen) atoms. The zero-order valence-corrected chi connectivity index (χ0v) is 32.6. The Balaban J connectivity index is 0.000000152. The van der Waals surface area contributed by atoms with Crippen LogP contribution in [0, 0.1) is 12.3 Å². The van der Waals surface area contributed by atoms with Crippen LogP contribution >= 0.6 is 11.6 Å². The monoisotopic (exact) mass is 774 g/mol. The molecule has 2 aromatic carbocycles. The van der Waals surface area contributed by atoms with E-state index < -0.39 is 11.1 Å². The largest absolute Gasteiger partial charge is 0.377 e. The molecule has 288 valence electrons. The lowest BCUT2D eigenvalue weighted by atomic mass is 9.89. The first-order valence-corrected chi connectivity index (χ1v) is 18.9. The van der Waals surface area contributed by atoms with Crippen LogP contribution in [0.2, 0.25) is 5.28 Å². The Labute approximate surface area is 331 Å². The maximum absolute atomic E-state index is 13.2. The molecule has 2 fully saturated rings. The van der Waals surface area contributed by atoms with E-state index in [1.54, 1.807) is 36.3 Å². The van der Waals surface area contributed by atoms with Crippen LogP contribution in [0.4, 0.5) is 23.0 Å². The Morgan fingerprint density at radius 2 is 1.32 bits per heavy atom. The molecule has 5 aliphatic heterocycles. The molecule has 0 spiro atoms. The van der Waals surface area contributed by atoms with Gasteiger partial charge in [-0.2, -0.15) is 15.2 Å². The third kappa shape index (κ3) is 6.76. The summed E-state index contributed by atoms with van der Waals surface area (Å²) in [4.78, 5) is 51.0. The van der Waals surface area contributed by atoms with Crippen molar-refractivity contribution in [3.05, 3.63) is 95.3 Å². The van der Waals surface area contributed by atoms with E-state index in [-0.39, 0.29) is 17.1 Å². The van der Waals surface area contributed by atoms with E-state index in [4.69, 9.17) is 32.5 Å². The number of carbonyl (C=O) groups is 2. The highest BCUT2D eigenvalue weighted by molar-refractivity contribution is 6.28. The molecule has 5 aliphatic rings. The van der Waals surface area contributed by atoms with Crippen LogP contribution in [0.5, 0.6) is 0 Å². The first-order valence-electron chi connectivity index (χ1n) is 18.5. The lowest BCUT2D eigenvalue weighted by Crippen LogP contribution is -2.68. The summed E-state index contributed by atoms with van der Waals surface area (Å²) in [6.07, 6.45) is 9.74. The number of nitrogens with zero attached hydrogens (tertiary/aromatic N) is 10. The molecular weight excluding hydrogens is 732 g/mol. The van der Waals surface area contributed by atoms with E-state index in [1.807, 2.05) is 79.4 Å². The second-order valence-corrected chi connectivity index (χ2v) is 14.1. The molecule has 2 saturated heterocycles. The van der Waals surface area contributed by atoms with Crippen molar-refractivity contribution < 1.29 is 19.1 Å². The number of azo groups is 1. The number of halogens is 1. The van der Waals surface area contributed by atoms with E-state index in [9.17, 15) is 9.59 Å². The summed E-state index contributed by atoms with van der Waals surface area (Å²) in [7, 11) is 3.52. The normalized spacial score (nSPS) is 22.1. The lowest BCUT2D eigenvalue weighted by Gasteiger charge is -2.51. The molecule has 7 heterocycles. The van der Waals surface area contributed by atoms with Gasteiger partial charge < -0.3 is 29.1 Å². The Kier molecular flexibility index (Phi) is 11.1. The predicted molar refractivity (Wildman–Crippen MR) is 216 cm³/mol. The van der Waals surface area contributed by atoms with Gasteiger partial charge in [0.25, 0.3) is 11.8 Å². The van der Waals surface area contributed by atoms with Crippen molar-refractivity contribution in [2.75, 3.05) is 79.8 Å². The molecule has 15 heteroatoms. The number of rotatable bonds is 4. The lowest BCUT2D eigenvalue weighted by molar-refractivity contribution is -0.129. The summed E-state index contributed by atoms with van der Waals surface area (Å²) >= 11 is 5.90. The second kappa shape index (κ2) is 16.2. The summed E-state index contributed by atoms with van der Waals surface area (Å²) in [5.74, 6) is 4.67. The summed E-state index contributed by atoms with van der Waals surface area (Å²) in [5, 5.41) is 8.76. The smallest absolute Gasteiger partial charge is 0.255 e. The molecule has 2 unspecified atom stereocenters. The van der Waals surface area contributed by atoms with Crippen molar-refractivity contribution in [2.24, 2.45) is 10.2 Å². The molecule has 2 aromatic heterocycles. The molecule has 2 amide bonds. The highest BCUT2D eigenvalue weighted by Gasteiger charge is 2.53. The fourth-order valence-electron chi connectivity index (χ4n) is 7.66. The van der Waals surface area contributed by atoms with E-state index in [1.165, 1.54) is 0 Å². The van der Waals surface area contributed by atoms with Crippen molar-refractivity contribution in [1.29, 1.82) is 0 Å². The van der Waals surface area contributed by atoms with Crippen molar-refractivity contribution >= 4 is 57.7 Å². The Bertz CT molecular complexity index is 2210. The van der Waals surface area contributed by atoms with Crippen molar-refractivity contribution in [3.63, 3.8) is 0 Å². The van der Waals surface area contributed by atoms with Gasteiger partial charge in [-0.25, -0.2) is 15.0 Å². The Morgan fingerprint density at radius 1 is 0.786 bits per heavy atom. The van der Waals surface area contributed by atoms with Gasteiger partial charge in [0.05, 0.1) is 45.4 Å². The number of morpholine rings is 2. The van der Waals surface area contributed by atoms with E-state index in [2.05, 4.69) is 36.0 Å². The van der Waals surface area contributed by atoms with Gasteiger partial charge in [0.15, 0.2) is 17.5 Å². The summed E-state index contributed by atoms with van der Waals surface area (Å²) in [6, 6.07) is 19.5. The van der Waals surface area contributed by atoms with Gasteiger partial charge in [-0.05, 0) is 36.6 Å². The SMILES string of the molecule is C#Cc1ccccc1.CCC12COCCN1c1nc(C3=C(c4ccccc4)N=NC3)ncc1N(C)C2=O.CCC12COCCN1c1nc(Cl)ncc1N(C)C2=O. The second-order valence-electron chi connectivity index (χ2n) is 13.8. The quantitative estimate of drug-likeness (QED) is 0.192. The number of hydrogen-bond donors (Lipinski definition) is 0. The van der Waals surface area contributed by atoms with Gasteiger partial charge in [-0.3, -0.25) is 9.59 Å². The first-order chi connectivity index (χ1) is 27.2. The fraction of sp³-hybridized carbons (Fsp3) is 0.366. The number of ether oxygens (including phenoxy) is 2. The zero-order valence-electron chi connectivity index (χ0n) is 31.9. The van der Waals surface area contributed by atoms with Gasteiger partial charge in [-0.1, -0.05) is 68.3 Å². The minimum absolute atomic E-state index is 0.0214. The van der Waals surface area contributed by atoms with E-state index in [0.29, 0.717) is 76.2 Å². The maximum Gasteiger partial charge on any atom is 0.255 e. The molecule has 0 saturated carbocycles. The molecule has 2 atom stereocenters. The number of likely N-dealkylation sites (N-methyl/N-ethyl adjacent to an activating group) is 2. The van der Waals surface area contributed by atoms with Crippen molar-refractivity contribution in [1.82, 2.24) is 19.9 Å². The van der Waals surface area contributed by atoms with Crippen molar-refractivity contribution in [3.8, 4) is 12.3 Å². The molecule has 0 radical (unpaired) electrons. The molecule has 14 nitrogen and oxygen atoms in total. The number of amides is 2. The molecule has 4 aromatic rings. The number of aromatic nitrogens is 4. The van der Waals surface area contributed by atoms with Gasteiger partial charge >= 0.3 is 0 Å². The van der Waals surface area contributed by atoms with Crippen LogP contribution in [0.15, 0.2) is 83.3 Å². The van der Waals surface area contributed by atoms with Crippen LogP contribution in [0.3, 0.4) is 0 Å². The fourth-order valence-corrected chi connectivity index (χ4v) is 7.79. The molecule has 0 N–H and O–H groups in total. The number of hydrogen-bond acceptors (Lipinski definition) is 12. The highest BCUT2D eigenvalue weighted by Crippen LogP contribution is 2.43. The number of carbonyl (C=O) groups excluding carboxylic acids is 2. The standard InChI is InChI=1S/C21H22N6O2.C12H15ClN4O2.C8H6/c1-3-21-13-29-10-9-27(21)19-16(26(2)20(21)28)12-22-18(24-19)15-11-23-25-17(15)14-7-5-4-6-8-14;1-3-12-7-19-5-4-17(12)9-8(16(2)10(12)18)6-14-11(13)15-9;1-2-8-6-4-3-5-7-8/h4-8,12H,3,9-11,13H2,1-2H3;6H,3-5,7H2,1-2H3;1,3-7H. The van der Waals surface area contributed by atoms with Gasteiger partial charge in [0.2, 0.25) is 5.28 Å². The van der Waals surface area contributed by atoms with E-state index >= 15 is 0 Å². The van der Waals surface area contributed by atoms with Crippen LogP contribution in [-0.4, -0.2) is 103 Å². The average Bonchev–Trinajstić information content (AvgIpc) is 3.76. The third-order valence-electron chi connectivity index (χ3n) is 10.9. The van der Waals surface area contributed by atoms with Gasteiger partial charge in [-0.15, -0.1) is 6.42 Å². The number of fused-ring (bicyclic) bond motifs is 6. The summed E-state index contributed by atoms with van der Waals surface area (Å²) < 4.78 is 11.2. The van der Waals surface area contributed by atoms with Crippen LogP contribution in [0.25, 0.3) is 11.3 Å². The molecule has 0 aliphatic carbocycles. The third-order valence-corrected chi connectivity index (χ3v) is 11.0. The maximum atomic E-state index is 13.2. The highest BCUT2D eigenvalue weighted by atomic mass is 35.5. The molecule has 9 rings (SSSR count). The number of benzene rings is 2. The van der Waals surface area contributed by atoms with Crippen LogP contribution < -0.4 is 19.6 Å². The predicted octanol–water partition coefficient (Wildman–Crippen LogP) is 5.53. The Morgan fingerprint density at radius 3 is 1.86 bits per heavy atom. The van der Waals surface area contributed by atoms with Crippen LogP contribution in [0.1, 0.15) is 43.6 Å². The first kappa shape index (κ1) is 38.5. The molecular formula is C41H43ClN10O4. The summed E-state index contributed by atoms with van der Waals surface area (Å²) in [5.41, 5.74) is 3.66. The average molecular weight is 775 g/mol. The van der Waals surface area contributed by atoms with Gasteiger partial charge in [0, 0.05) is 43.9 Å². The van der Waals surface area contributed by atoms with Gasteiger partial charge in [0.1, 0.15) is 28.1 Å². The Hall–Kier alpha value is -5.75. The van der Waals surface area contributed by atoms with Crippen LogP contribution in [-0.2, 0) is 19.1 Å². The van der Waals surface area contributed by atoms with Crippen molar-refractivity contribution in [2.45, 2.75) is 37.8 Å². The molecule has 0 bridgehead atoms. The minimum Gasteiger partial charge on any atom is -0.377 e.